The van der Waals surface area contributed by atoms with E-state index < -0.39 is 0 Å². The first kappa shape index (κ1) is 37.1. The number of para-hydroxylation sites is 2. The predicted molar refractivity (Wildman–Crippen MR) is 214 cm³/mol. The van der Waals surface area contributed by atoms with E-state index in [2.05, 4.69) is 0 Å². The summed E-state index contributed by atoms with van der Waals surface area (Å²) >= 11 is 0. The van der Waals surface area contributed by atoms with Gasteiger partial charge in [0.25, 0.3) is 0 Å². The van der Waals surface area contributed by atoms with E-state index in [9.17, 15) is 9.90 Å². The SMILES string of the molecule is COc1ccc(C2=CC(=CC3=C(O)C(=Cc4cc(-c5ccc(OC)c(OC)c5)[o+]c(-c5ccccc5OC)c4)C3=O)C=C(c3ccccc3OC)O2)cc1OC. The standard InChI is InChI=1S/C46H38O10/c1-49-35-13-9-7-11-31(35)41-23-27(21-39(55-41)29-15-17-37(51-3)43(25-29)53-5)19-33-45(47)34(46(33)48)20-28-22-40(30-16-18-38(52-4)44(26-30)54-6)56-42(24-28)32-12-8-10-14-36(32)50-2/h7-26H,1-6H3/p+1. The fourth-order valence-corrected chi connectivity index (χ4v) is 6.48. The minimum absolute atomic E-state index is 0.144. The van der Waals surface area contributed by atoms with Gasteiger partial charge in [0.2, 0.25) is 5.78 Å². The van der Waals surface area contributed by atoms with Gasteiger partial charge in [0.05, 0.1) is 77.1 Å². The van der Waals surface area contributed by atoms with Crippen LogP contribution in [0.2, 0.25) is 0 Å². The highest BCUT2D eigenvalue weighted by atomic mass is 16.5. The van der Waals surface area contributed by atoms with Gasteiger partial charge in [-0.05, 0) is 90.0 Å². The zero-order valence-corrected chi connectivity index (χ0v) is 31.7. The maximum absolute atomic E-state index is 13.8. The van der Waals surface area contributed by atoms with Gasteiger partial charge in [0.1, 0.15) is 34.3 Å². The van der Waals surface area contributed by atoms with Crippen LogP contribution in [0.25, 0.3) is 40.2 Å². The van der Waals surface area contributed by atoms with Crippen LogP contribution < -0.4 is 28.4 Å². The zero-order chi connectivity index (χ0) is 39.3. The minimum Gasteiger partial charge on any atom is -0.506 e. The third kappa shape index (κ3) is 7.20. The first-order chi connectivity index (χ1) is 27.3. The van der Waals surface area contributed by atoms with Crippen LogP contribution in [0.3, 0.4) is 0 Å². The minimum atomic E-state index is -0.331. The van der Waals surface area contributed by atoms with Crippen LogP contribution in [-0.2, 0) is 9.53 Å². The quantitative estimate of drug-likeness (QED) is 0.0977. The molecule has 0 saturated carbocycles. The van der Waals surface area contributed by atoms with Crippen LogP contribution in [0.1, 0.15) is 16.7 Å². The summed E-state index contributed by atoms with van der Waals surface area (Å²) in [6, 6.07) is 29.4. The van der Waals surface area contributed by atoms with Gasteiger partial charge in [-0.2, -0.15) is 0 Å². The predicted octanol–water partition coefficient (Wildman–Crippen LogP) is 9.76. The number of aliphatic hydroxyl groups excluding tert-OH is 1. The maximum Gasteiger partial charge on any atom is 0.365 e. The molecule has 1 aromatic heterocycles. The molecule has 2 heterocycles. The number of hydrogen-bond donors (Lipinski definition) is 1. The molecule has 282 valence electrons. The van der Waals surface area contributed by atoms with E-state index in [1.165, 1.54) is 0 Å². The summed E-state index contributed by atoms with van der Waals surface area (Å²) in [6.07, 6.45) is 6.88. The molecule has 56 heavy (non-hydrogen) atoms. The number of carbonyl (C=O) groups excluding carboxylic acids is 1. The lowest BCUT2D eigenvalue weighted by Gasteiger charge is -2.23. The lowest BCUT2D eigenvalue weighted by atomic mass is 9.85. The molecular weight excluding hydrogens is 712 g/mol. The number of aliphatic hydroxyl groups is 1. The van der Waals surface area contributed by atoms with Crippen molar-refractivity contribution in [1.82, 2.24) is 0 Å². The molecule has 0 atom stereocenters. The fraction of sp³-hybridized carbons (Fsp3) is 0.130. The van der Waals surface area contributed by atoms with E-state index in [1.54, 1.807) is 103 Å². The summed E-state index contributed by atoms with van der Waals surface area (Å²) in [4.78, 5) is 13.8. The van der Waals surface area contributed by atoms with Crippen molar-refractivity contribution in [3.05, 3.63) is 154 Å². The highest BCUT2D eigenvalue weighted by Gasteiger charge is 2.34. The third-order valence-corrected chi connectivity index (χ3v) is 9.33. The Hall–Kier alpha value is -7.20. The largest absolute Gasteiger partial charge is 0.506 e. The van der Waals surface area contributed by atoms with Crippen molar-refractivity contribution in [1.29, 1.82) is 0 Å². The monoisotopic (exact) mass is 751 g/mol. The third-order valence-electron chi connectivity index (χ3n) is 9.33. The van der Waals surface area contributed by atoms with Crippen molar-refractivity contribution in [2.75, 3.05) is 42.7 Å². The molecule has 4 aromatic carbocycles. The Balaban J connectivity index is 1.32. The summed E-state index contributed by atoms with van der Waals surface area (Å²) in [7, 11) is 9.44. The number of ether oxygens (including phenoxy) is 7. The number of carbonyl (C=O) groups is 1. The normalized spacial score (nSPS) is 15.1. The number of methoxy groups -OCH3 is 6. The smallest absolute Gasteiger partial charge is 0.365 e. The maximum atomic E-state index is 13.8. The van der Waals surface area contributed by atoms with Crippen molar-refractivity contribution in [3.63, 3.8) is 0 Å². The van der Waals surface area contributed by atoms with E-state index in [0.717, 1.165) is 0 Å². The second-order valence-electron chi connectivity index (χ2n) is 12.6. The molecule has 0 radical (unpaired) electrons. The number of benzene rings is 4. The Bertz CT molecular complexity index is 2500. The van der Waals surface area contributed by atoms with E-state index in [0.29, 0.717) is 90.9 Å². The lowest BCUT2D eigenvalue weighted by Crippen LogP contribution is -2.21. The second kappa shape index (κ2) is 16.0. The summed E-state index contributed by atoms with van der Waals surface area (Å²) < 4.78 is 46.1. The van der Waals surface area contributed by atoms with E-state index in [1.807, 2.05) is 60.7 Å². The molecule has 2 aliphatic rings. The van der Waals surface area contributed by atoms with Gasteiger partial charge < -0.3 is 38.3 Å². The topological polar surface area (TPSA) is 113 Å². The first-order valence-electron chi connectivity index (χ1n) is 17.5. The first-order valence-corrected chi connectivity index (χ1v) is 17.5. The Kier molecular flexibility index (Phi) is 10.6. The molecule has 10 nitrogen and oxygen atoms in total. The molecule has 0 saturated heterocycles. The second-order valence-corrected chi connectivity index (χ2v) is 12.6. The number of allylic oxidation sites excluding steroid dienone is 6. The van der Waals surface area contributed by atoms with Crippen molar-refractivity contribution in [3.8, 4) is 57.1 Å². The molecule has 0 unspecified atom stereocenters. The van der Waals surface area contributed by atoms with Crippen LogP contribution in [0.15, 0.2) is 142 Å². The molecule has 1 N–H and O–H groups in total. The summed E-state index contributed by atoms with van der Waals surface area (Å²) in [5, 5.41) is 11.4. The van der Waals surface area contributed by atoms with Crippen LogP contribution in [0.4, 0.5) is 0 Å². The molecular formula is C46H39O10+. The summed E-state index contributed by atoms with van der Waals surface area (Å²) in [5.41, 5.74) is 4.35. The van der Waals surface area contributed by atoms with Gasteiger partial charge in [-0.25, -0.2) is 4.42 Å². The summed E-state index contributed by atoms with van der Waals surface area (Å²) in [6.45, 7) is 0. The molecule has 0 spiro atoms. The van der Waals surface area contributed by atoms with Gasteiger partial charge in [-0.1, -0.05) is 24.3 Å². The molecule has 7 rings (SSSR count). The fourth-order valence-electron chi connectivity index (χ4n) is 6.48. The molecule has 0 amide bonds. The molecule has 0 fully saturated rings. The summed E-state index contributed by atoms with van der Waals surface area (Å²) in [5.74, 6) is 4.87. The number of hydrogen-bond acceptors (Lipinski definition) is 9. The highest BCUT2D eigenvalue weighted by molar-refractivity contribution is 6.23. The lowest BCUT2D eigenvalue weighted by molar-refractivity contribution is -0.113. The van der Waals surface area contributed by atoms with E-state index in [4.69, 9.17) is 37.6 Å². The van der Waals surface area contributed by atoms with Gasteiger partial charge >= 0.3 is 11.5 Å². The molecule has 1 aliphatic heterocycles. The number of rotatable bonds is 12. The average Bonchev–Trinajstić information content (AvgIpc) is 3.26. The Labute approximate surface area is 324 Å². The molecule has 0 bridgehead atoms. The zero-order valence-electron chi connectivity index (χ0n) is 31.7. The van der Waals surface area contributed by atoms with Crippen molar-refractivity contribution in [2.45, 2.75) is 0 Å². The van der Waals surface area contributed by atoms with Crippen molar-refractivity contribution in [2.24, 2.45) is 0 Å². The van der Waals surface area contributed by atoms with Gasteiger partial charge in [0, 0.05) is 11.6 Å². The Morgan fingerprint density at radius 2 is 1.09 bits per heavy atom. The molecule has 10 heteroatoms. The molecule has 5 aromatic rings. The van der Waals surface area contributed by atoms with E-state index in [-0.39, 0.29) is 22.7 Å². The molecule has 1 aliphatic carbocycles. The van der Waals surface area contributed by atoms with Gasteiger partial charge in [0.15, 0.2) is 23.0 Å². The highest BCUT2D eigenvalue weighted by Crippen LogP contribution is 2.41. The van der Waals surface area contributed by atoms with Crippen LogP contribution in [0, 0.1) is 0 Å². The number of Topliss-reactive ketones (excluding diaryl/α,β-unsaturated/α-hetero) is 1. The Morgan fingerprint density at radius 1 is 0.554 bits per heavy atom. The average molecular weight is 752 g/mol. The van der Waals surface area contributed by atoms with Crippen molar-refractivity contribution < 1.29 is 47.5 Å². The Morgan fingerprint density at radius 3 is 1.71 bits per heavy atom. The van der Waals surface area contributed by atoms with Crippen LogP contribution in [-0.4, -0.2) is 53.5 Å². The van der Waals surface area contributed by atoms with Crippen LogP contribution >= 0.6 is 0 Å². The van der Waals surface area contributed by atoms with Gasteiger partial charge in [-0.15, -0.1) is 0 Å². The van der Waals surface area contributed by atoms with Gasteiger partial charge in [-0.3, -0.25) is 4.79 Å². The number of ketones is 1. The van der Waals surface area contributed by atoms with E-state index >= 15 is 0 Å². The van der Waals surface area contributed by atoms with Crippen molar-refractivity contribution >= 4 is 23.4 Å². The van der Waals surface area contributed by atoms with Crippen LogP contribution in [0.5, 0.6) is 34.5 Å².